The Bertz CT molecular complexity index is 665. The smallest absolute Gasteiger partial charge is 0.261 e. The number of amides is 2. The van der Waals surface area contributed by atoms with Gasteiger partial charge in [0.15, 0.2) is 0 Å². The summed E-state index contributed by atoms with van der Waals surface area (Å²) in [6.07, 6.45) is 5.56. The van der Waals surface area contributed by atoms with Crippen LogP contribution in [0.3, 0.4) is 0 Å². The van der Waals surface area contributed by atoms with Crippen LogP contribution in [0.1, 0.15) is 65.6 Å². The molecule has 1 fully saturated rings. The zero-order valence-electron chi connectivity index (χ0n) is 16.1. The fourth-order valence-corrected chi connectivity index (χ4v) is 5.28. The third-order valence-corrected chi connectivity index (χ3v) is 6.90. The predicted octanol–water partition coefficient (Wildman–Crippen LogP) is 2.44. The summed E-state index contributed by atoms with van der Waals surface area (Å²) in [5, 5.41) is 11.8. The SMILES string of the molecule is CCC(=O)N1CCC2(CC1)OCCc1cc(C(=O)NCCCCCO)sc12. The van der Waals surface area contributed by atoms with Gasteiger partial charge in [-0.05, 0) is 50.2 Å². The van der Waals surface area contributed by atoms with Gasteiger partial charge in [0.05, 0.1) is 11.5 Å². The summed E-state index contributed by atoms with van der Waals surface area (Å²) in [5.74, 6) is 0.181. The maximum atomic E-state index is 12.5. The standard InChI is InChI=1S/C20H30N2O4S/c1-2-17(24)22-10-7-20(8-11-22)18-15(6-13-26-20)14-16(27-18)19(25)21-9-4-3-5-12-23/h14,23H,2-13H2,1H3,(H,21,25). The van der Waals surface area contributed by atoms with Gasteiger partial charge in [0, 0.05) is 37.5 Å². The zero-order chi connectivity index (χ0) is 19.3. The number of fused-ring (bicyclic) bond motifs is 2. The van der Waals surface area contributed by atoms with E-state index in [-0.39, 0.29) is 24.0 Å². The van der Waals surface area contributed by atoms with E-state index >= 15 is 0 Å². The lowest BCUT2D eigenvalue weighted by Crippen LogP contribution is -2.47. The van der Waals surface area contributed by atoms with Crippen molar-refractivity contribution in [2.24, 2.45) is 0 Å². The first kappa shape index (κ1) is 20.3. The topological polar surface area (TPSA) is 78.9 Å². The number of thiophene rings is 1. The van der Waals surface area contributed by atoms with Crippen LogP contribution in [0.2, 0.25) is 0 Å². The Morgan fingerprint density at radius 2 is 2.07 bits per heavy atom. The molecular formula is C20H30N2O4S. The molecule has 27 heavy (non-hydrogen) atoms. The van der Waals surface area contributed by atoms with Crippen molar-refractivity contribution in [1.29, 1.82) is 0 Å². The minimum absolute atomic E-state index is 0.0212. The molecule has 2 amide bonds. The van der Waals surface area contributed by atoms with E-state index in [1.54, 1.807) is 11.3 Å². The number of piperidine rings is 1. The Balaban J connectivity index is 1.65. The molecule has 0 radical (unpaired) electrons. The van der Waals surface area contributed by atoms with Crippen LogP contribution in [0, 0.1) is 0 Å². The third-order valence-electron chi connectivity index (χ3n) is 5.54. The van der Waals surface area contributed by atoms with Gasteiger partial charge in [0.25, 0.3) is 5.91 Å². The van der Waals surface area contributed by atoms with E-state index in [9.17, 15) is 9.59 Å². The summed E-state index contributed by atoms with van der Waals surface area (Å²) >= 11 is 1.55. The van der Waals surface area contributed by atoms with Gasteiger partial charge in [-0.2, -0.15) is 0 Å². The quantitative estimate of drug-likeness (QED) is 0.696. The van der Waals surface area contributed by atoms with E-state index in [2.05, 4.69) is 5.32 Å². The third kappa shape index (κ3) is 4.52. The lowest BCUT2D eigenvalue weighted by Gasteiger charge is -2.43. The molecule has 7 heteroatoms. The number of rotatable bonds is 7. The molecule has 2 aliphatic heterocycles. The molecule has 3 heterocycles. The molecule has 0 aromatic carbocycles. The van der Waals surface area contributed by atoms with Gasteiger partial charge in [-0.3, -0.25) is 9.59 Å². The van der Waals surface area contributed by atoms with Crippen molar-refractivity contribution in [3.05, 3.63) is 21.4 Å². The molecule has 2 aliphatic rings. The van der Waals surface area contributed by atoms with E-state index in [0.717, 1.165) is 56.5 Å². The van der Waals surface area contributed by atoms with E-state index in [0.29, 0.717) is 19.6 Å². The average Bonchev–Trinajstić information content (AvgIpc) is 3.14. The van der Waals surface area contributed by atoms with Gasteiger partial charge in [0.2, 0.25) is 5.91 Å². The summed E-state index contributed by atoms with van der Waals surface area (Å²) in [5.41, 5.74) is 0.898. The van der Waals surface area contributed by atoms with Gasteiger partial charge in [-0.15, -0.1) is 11.3 Å². The number of aliphatic hydroxyl groups is 1. The van der Waals surface area contributed by atoms with E-state index < -0.39 is 0 Å². The number of hydrogen-bond donors (Lipinski definition) is 2. The van der Waals surface area contributed by atoms with Crippen molar-refractivity contribution in [3.8, 4) is 0 Å². The fourth-order valence-electron chi connectivity index (χ4n) is 3.95. The Hall–Kier alpha value is -1.44. The van der Waals surface area contributed by atoms with Crippen molar-refractivity contribution < 1.29 is 19.4 Å². The molecule has 0 saturated carbocycles. The van der Waals surface area contributed by atoms with Crippen molar-refractivity contribution in [1.82, 2.24) is 10.2 Å². The molecule has 6 nitrogen and oxygen atoms in total. The maximum Gasteiger partial charge on any atom is 0.261 e. The molecule has 1 aromatic rings. The van der Waals surface area contributed by atoms with Crippen molar-refractivity contribution in [2.75, 3.05) is 32.8 Å². The summed E-state index contributed by atoms with van der Waals surface area (Å²) < 4.78 is 6.23. The number of aliphatic hydroxyl groups excluding tert-OH is 1. The number of likely N-dealkylation sites (tertiary alicyclic amines) is 1. The summed E-state index contributed by atoms with van der Waals surface area (Å²) in [4.78, 5) is 28.3. The number of carbonyl (C=O) groups excluding carboxylic acids is 2. The van der Waals surface area contributed by atoms with Crippen LogP contribution in [0.15, 0.2) is 6.07 Å². The van der Waals surface area contributed by atoms with Crippen LogP contribution in [-0.4, -0.2) is 54.7 Å². The van der Waals surface area contributed by atoms with Crippen LogP contribution in [0.25, 0.3) is 0 Å². The molecule has 0 atom stereocenters. The van der Waals surface area contributed by atoms with E-state index in [4.69, 9.17) is 9.84 Å². The lowest BCUT2D eigenvalue weighted by atomic mass is 9.85. The molecule has 2 N–H and O–H groups in total. The lowest BCUT2D eigenvalue weighted by molar-refractivity contribution is -0.139. The Morgan fingerprint density at radius 1 is 1.30 bits per heavy atom. The van der Waals surface area contributed by atoms with Gasteiger partial charge in [0.1, 0.15) is 5.60 Å². The highest BCUT2D eigenvalue weighted by Gasteiger charge is 2.43. The highest BCUT2D eigenvalue weighted by molar-refractivity contribution is 7.14. The maximum absolute atomic E-state index is 12.5. The minimum Gasteiger partial charge on any atom is -0.396 e. The van der Waals surface area contributed by atoms with E-state index in [1.807, 2.05) is 17.9 Å². The summed E-state index contributed by atoms with van der Waals surface area (Å²) in [7, 11) is 0. The molecular weight excluding hydrogens is 364 g/mol. The Labute approximate surface area is 164 Å². The number of nitrogens with zero attached hydrogens (tertiary/aromatic N) is 1. The largest absolute Gasteiger partial charge is 0.396 e. The molecule has 150 valence electrons. The zero-order valence-corrected chi connectivity index (χ0v) is 16.9. The first-order valence-electron chi connectivity index (χ1n) is 10.0. The predicted molar refractivity (Wildman–Crippen MR) is 105 cm³/mol. The van der Waals surface area contributed by atoms with Crippen LogP contribution in [0.5, 0.6) is 0 Å². The van der Waals surface area contributed by atoms with Gasteiger partial charge < -0.3 is 20.1 Å². The minimum atomic E-state index is -0.331. The first-order chi connectivity index (χ1) is 13.1. The fraction of sp³-hybridized carbons (Fsp3) is 0.700. The Kier molecular flexibility index (Phi) is 6.89. The van der Waals surface area contributed by atoms with E-state index in [1.165, 1.54) is 10.4 Å². The van der Waals surface area contributed by atoms with Crippen molar-refractivity contribution in [3.63, 3.8) is 0 Å². The number of unbranched alkanes of at least 4 members (excludes halogenated alkanes) is 2. The van der Waals surface area contributed by atoms with Crippen molar-refractivity contribution in [2.45, 2.75) is 57.5 Å². The van der Waals surface area contributed by atoms with Gasteiger partial charge >= 0.3 is 0 Å². The molecule has 0 aliphatic carbocycles. The highest BCUT2D eigenvalue weighted by atomic mass is 32.1. The van der Waals surface area contributed by atoms with Gasteiger partial charge in [-0.1, -0.05) is 6.92 Å². The monoisotopic (exact) mass is 394 g/mol. The number of hydrogen-bond acceptors (Lipinski definition) is 5. The molecule has 3 rings (SSSR count). The normalized spacial score (nSPS) is 18.4. The van der Waals surface area contributed by atoms with Crippen LogP contribution < -0.4 is 5.32 Å². The second-order valence-electron chi connectivity index (χ2n) is 7.33. The highest BCUT2D eigenvalue weighted by Crippen LogP contribution is 2.45. The molecule has 0 unspecified atom stereocenters. The summed E-state index contributed by atoms with van der Waals surface area (Å²) in [6, 6.07) is 2.02. The number of ether oxygens (including phenoxy) is 1. The Morgan fingerprint density at radius 3 is 2.78 bits per heavy atom. The average molecular weight is 395 g/mol. The van der Waals surface area contributed by atoms with Crippen LogP contribution in [0.4, 0.5) is 0 Å². The number of carbonyl (C=O) groups is 2. The van der Waals surface area contributed by atoms with Gasteiger partial charge in [-0.25, -0.2) is 0 Å². The summed E-state index contributed by atoms with van der Waals surface area (Å²) in [6.45, 7) is 4.85. The second kappa shape index (κ2) is 9.17. The van der Waals surface area contributed by atoms with Crippen LogP contribution >= 0.6 is 11.3 Å². The molecule has 1 saturated heterocycles. The first-order valence-corrected chi connectivity index (χ1v) is 10.9. The molecule has 0 bridgehead atoms. The number of nitrogens with one attached hydrogen (secondary N) is 1. The van der Waals surface area contributed by atoms with Crippen molar-refractivity contribution >= 4 is 23.2 Å². The second-order valence-corrected chi connectivity index (χ2v) is 8.38. The van der Waals surface area contributed by atoms with Crippen LogP contribution in [-0.2, 0) is 21.6 Å². The molecule has 1 spiro atoms. The molecule has 1 aromatic heterocycles.